The Morgan fingerprint density at radius 3 is 2.03 bits per heavy atom. The average molecular weight is 439 g/mol. The summed E-state index contributed by atoms with van der Waals surface area (Å²) in [4.78, 5) is 27.8. The molecule has 1 N–H and O–H groups in total. The molecule has 2 amide bonds. The van der Waals surface area contributed by atoms with E-state index in [1.807, 2.05) is 82.3 Å². The van der Waals surface area contributed by atoms with Gasteiger partial charge in [0.2, 0.25) is 5.91 Å². The zero-order valence-electron chi connectivity index (χ0n) is 20.6. The fourth-order valence-corrected chi connectivity index (χ4v) is 3.43. The number of benzene rings is 2. The summed E-state index contributed by atoms with van der Waals surface area (Å²) in [5, 5.41) is 3.01. The normalized spacial score (nSPS) is 12.7. The van der Waals surface area contributed by atoms with Crippen LogP contribution in [0.3, 0.4) is 0 Å². The lowest BCUT2D eigenvalue weighted by atomic mass is 9.87. The molecule has 5 heteroatoms. The molecule has 0 heterocycles. The Bertz CT molecular complexity index is 878. The first kappa shape index (κ1) is 25.4. The molecule has 0 saturated heterocycles. The van der Waals surface area contributed by atoms with Gasteiger partial charge in [0.05, 0.1) is 0 Å². The Hall–Kier alpha value is -2.82. The van der Waals surface area contributed by atoms with Crippen LogP contribution in [-0.4, -0.2) is 34.9 Å². The molecule has 0 aliphatic carbocycles. The molecule has 174 valence electrons. The van der Waals surface area contributed by atoms with Crippen molar-refractivity contribution in [2.24, 2.45) is 0 Å². The highest BCUT2D eigenvalue weighted by atomic mass is 16.5. The standard InChI is InChI=1S/C27H38N2O3/c1-8-23(25(31)28-27(5,6)7)29(18-20-12-10-9-11-13-20)24(30)19-32-22-16-14-21(15-17-22)26(2,3)4/h9-17,23H,8,18-19H2,1-7H3,(H,28,31). The van der Waals surface area contributed by atoms with Gasteiger partial charge in [0.25, 0.3) is 5.91 Å². The van der Waals surface area contributed by atoms with Crippen LogP contribution in [0.1, 0.15) is 66.0 Å². The summed E-state index contributed by atoms with van der Waals surface area (Å²) in [6.07, 6.45) is 0.515. The van der Waals surface area contributed by atoms with Crippen molar-refractivity contribution < 1.29 is 14.3 Å². The first-order valence-corrected chi connectivity index (χ1v) is 11.3. The van der Waals surface area contributed by atoms with Crippen LogP contribution in [0.2, 0.25) is 0 Å². The molecule has 0 aliphatic heterocycles. The summed E-state index contributed by atoms with van der Waals surface area (Å²) in [6, 6.07) is 17.0. The molecule has 2 aromatic carbocycles. The number of rotatable bonds is 8. The second-order valence-electron chi connectivity index (χ2n) is 10.2. The first-order valence-electron chi connectivity index (χ1n) is 11.3. The SMILES string of the molecule is CCC(C(=O)NC(C)(C)C)N(Cc1ccccc1)C(=O)COc1ccc(C(C)(C)C)cc1. The zero-order valence-corrected chi connectivity index (χ0v) is 20.6. The predicted molar refractivity (Wildman–Crippen MR) is 130 cm³/mol. The number of hydrogen-bond donors (Lipinski definition) is 1. The number of carbonyl (C=O) groups is 2. The summed E-state index contributed by atoms with van der Waals surface area (Å²) in [7, 11) is 0. The highest BCUT2D eigenvalue weighted by Gasteiger charge is 2.30. The molecule has 2 rings (SSSR count). The van der Waals surface area contributed by atoms with Gasteiger partial charge >= 0.3 is 0 Å². The Morgan fingerprint density at radius 2 is 1.53 bits per heavy atom. The quantitative estimate of drug-likeness (QED) is 0.625. The van der Waals surface area contributed by atoms with Crippen molar-refractivity contribution in [3.63, 3.8) is 0 Å². The minimum Gasteiger partial charge on any atom is -0.484 e. The fourth-order valence-electron chi connectivity index (χ4n) is 3.43. The molecule has 0 saturated carbocycles. The maximum Gasteiger partial charge on any atom is 0.261 e. The Labute approximate surface area is 193 Å². The van der Waals surface area contributed by atoms with E-state index < -0.39 is 6.04 Å². The van der Waals surface area contributed by atoms with Crippen LogP contribution < -0.4 is 10.1 Å². The number of amides is 2. The largest absolute Gasteiger partial charge is 0.484 e. The van der Waals surface area contributed by atoms with Crippen LogP contribution in [0.15, 0.2) is 54.6 Å². The van der Waals surface area contributed by atoms with Crippen molar-refractivity contribution >= 4 is 11.8 Å². The number of nitrogens with zero attached hydrogens (tertiary/aromatic N) is 1. The molecule has 32 heavy (non-hydrogen) atoms. The highest BCUT2D eigenvalue weighted by Crippen LogP contribution is 2.24. The van der Waals surface area contributed by atoms with Crippen molar-refractivity contribution in [3.05, 3.63) is 65.7 Å². The third-order valence-electron chi connectivity index (χ3n) is 5.16. The maximum absolute atomic E-state index is 13.2. The first-order chi connectivity index (χ1) is 14.9. The molecule has 2 aromatic rings. The van der Waals surface area contributed by atoms with Gasteiger partial charge in [0.15, 0.2) is 6.61 Å². The number of nitrogens with one attached hydrogen (secondary N) is 1. The van der Waals surface area contributed by atoms with E-state index in [9.17, 15) is 9.59 Å². The minimum absolute atomic E-state index is 0.0512. The topological polar surface area (TPSA) is 58.6 Å². The number of ether oxygens (including phenoxy) is 1. The van der Waals surface area contributed by atoms with Gasteiger partial charge in [0.1, 0.15) is 11.8 Å². The van der Waals surface area contributed by atoms with Crippen LogP contribution in [-0.2, 0) is 21.5 Å². The summed E-state index contributed by atoms with van der Waals surface area (Å²) in [5.74, 6) is 0.265. The van der Waals surface area contributed by atoms with Crippen LogP contribution in [0.25, 0.3) is 0 Å². The molecule has 0 radical (unpaired) electrons. The molecule has 0 aromatic heterocycles. The average Bonchev–Trinajstić information content (AvgIpc) is 2.71. The third-order valence-corrected chi connectivity index (χ3v) is 5.16. The molecule has 1 unspecified atom stereocenters. The zero-order chi connectivity index (χ0) is 23.9. The second kappa shape index (κ2) is 10.7. The monoisotopic (exact) mass is 438 g/mol. The Morgan fingerprint density at radius 1 is 0.938 bits per heavy atom. The second-order valence-corrected chi connectivity index (χ2v) is 10.2. The van der Waals surface area contributed by atoms with E-state index in [0.717, 1.165) is 5.56 Å². The molecule has 0 spiro atoms. The van der Waals surface area contributed by atoms with Gasteiger partial charge in [-0.3, -0.25) is 9.59 Å². The smallest absolute Gasteiger partial charge is 0.261 e. The fraction of sp³-hybridized carbons (Fsp3) is 0.481. The van der Waals surface area contributed by atoms with E-state index in [4.69, 9.17) is 4.74 Å². The molecule has 0 fully saturated rings. The van der Waals surface area contributed by atoms with E-state index >= 15 is 0 Å². The molecule has 0 aliphatic rings. The minimum atomic E-state index is -0.575. The predicted octanol–water partition coefficient (Wildman–Crippen LogP) is 5.09. The number of hydrogen-bond acceptors (Lipinski definition) is 3. The van der Waals surface area contributed by atoms with Gasteiger partial charge in [-0.2, -0.15) is 0 Å². The molecule has 1 atom stereocenters. The van der Waals surface area contributed by atoms with Gasteiger partial charge in [-0.05, 0) is 55.9 Å². The van der Waals surface area contributed by atoms with Crippen molar-refractivity contribution in [2.75, 3.05) is 6.61 Å². The van der Waals surface area contributed by atoms with Gasteiger partial charge in [0, 0.05) is 12.1 Å². The van der Waals surface area contributed by atoms with Crippen LogP contribution >= 0.6 is 0 Å². The van der Waals surface area contributed by atoms with E-state index in [-0.39, 0.29) is 29.4 Å². The maximum atomic E-state index is 13.2. The van der Waals surface area contributed by atoms with E-state index in [1.54, 1.807) is 4.90 Å². The van der Waals surface area contributed by atoms with Gasteiger partial charge in [-0.25, -0.2) is 0 Å². The lowest BCUT2D eigenvalue weighted by Gasteiger charge is -2.33. The lowest BCUT2D eigenvalue weighted by Crippen LogP contribution is -2.54. The highest BCUT2D eigenvalue weighted by molar-refractivity contribution is 5.88. The third kappa shape index (κ3) is 7.70. The Balaban J connectivity index is 2.18. The Kier molecular flexibility index (Phi) is 8.48. The van der Waals surface area contributed by atoms with Crippen LogP contribution in [0.5, 0.6) is 5.75 Å². The summed E-state index contributed by atoms with van der Waals surface area (Å²) >= 11 is 0. The molecule has 5 nitrogen and oxygen atoms in total. The van der Waals surface area contributed by atoms with E-state index in [1.165, 1.54) is 5.56 Å². The van der Waals surface area contributed by atoms with E-state index in [2.05, 4.69) is 26.1 Å². The lowest BCUT2D eigenvalue weighted by molar-refractivity contribution is -0.143. The van der Waals surface area contributed by atoms with Crippen molar-refractivity contribution in [1.29, 1.82) is 0 Å². The van der Waals surface area contributed by atoms with Gasteiger partial charge < -0.3 is 15.0 Å². The summed E-state index contributed by atoms with van der Waals surface area (Å²) < 4.78 is 5.81. The summed E-state index contributed by atoms with van der Waals surface area (Å²) in [5.41, 5.74) is 1.84. The van der Waals surface area contributed by atoms with E-state index in [0.29, 0.717) is 18.7 Å². The molecular formula is C27H38N2O3. The van der Waals surface area contributed by atoms with Crippen molar-refractivity contribution in [3.8, 4) is 5.75 Å². The molecule has 0 bridgehead atoms. The molecular weight excluding hydrogens is 400 g/mol. The van der Waals surface area contributed by atoms with Gasteiger partial charge in [-0.1, -0.05) is 70.2 Å². The van der Waals surface area contributed by atoms with Crippen molar-refractivity contribution in [1.82, 2.24) is 10.2 Å². The van der Waals surface area contributed by atoms with Crippen LogP contribution in [0.4, 0.5) is 0 Å². The van der Waals surface area contributed by atoms with Crippen molar-refractivity contribution in [2.45, 2.75) is 78.4 Å². The van der Waals surface area contributed by atoms with Gasteiger partial charge in [-0.15, -0.1) is 0 Å². The summed E-state index contributed by atoms with van der Waals surface area (Å²) in [6.45, 7) is 14.4. The number of carbonyl (C=O) groups excluding carboxylic acids is 2. The van der Waals surface area contributed by atoms with Crippen LogP contribution in [0, 0.1) is 0 Å².